The molecule has 0 amide bonds. The number of halogens is 3. The van der Waals surface area contributed by atoms with Gasteiger partial charge in [-0.25, -0.2) is 13.8 Å². The summed E-state index contributed by atoms with van der Waals surface area (Å²) >= 11 is 0. The Labute approximate surface area is 135 Å². The first kappa shape index (κ1) is 17.5. The number of hydrogen-bond donors (Lipinski definition) is 0. The van der Waals surface area contributed by atoms with E-state index >= 15 is 0 Å². The van der Waals surface area contributed by atoms with Gasteiger partial charge < -0.3 is 0 Å². The summed E-state index contributed by atoms with van der Waals surface area (Å²) in [5.74, 6) is -2.51. The molecule has 1 aromatic heterocycles. The Morgan fingerprint density at radius 2 is 1.74 bits per heavy atom. The number of nitrogens with zero attached hydrogens (tertiary/aromatic N) is 1. The number of pyridine rings is 1. The molecule has 0 aliphatic carbocycles. The van der Waals surface area contributed by atoms with Crippen molar-refractivity contribution in [3.05, 3.63) is 53.1 Å². The van der Waals surface area contributed by atoms with Crippen molar-refractivity contribution in [1.29, 1.82) is 0 Å². The molecular weight excluding hydrogens is 299 g/mol. The van der Waals surface area contributed by atoms with Crippen molar-refractivity contribution < 1.29 is 13.2 Å². The van der Waals surface area contributed by atoms with E-state index in [9.17, 15) is 13.2 Å². The summed E-state index contributed by atoms with van der Waals surface area (Å²) in [5.41, 5.74) is 1.83. The van der Waals surface area contributed by atoms with E-state index in [2.05, 4.69) is 4.98 Å². The lowest BCUT2D eigenvalue weighted by Crippen LogP contribution is -2.14. The van der Waals surface area contributed by atoms with Crippen LogP contribution in [0, 0.1) is 23.0 Å². The lowest BCUT2D eigenvalue weighted by Gasteiger charge is -2.25. The highest BCUT2D eigenvalue weighted by Gasteiger charge is 2.25. The Balaban J connectivity index is 2.81. The largest absolute Gasteiger partial charge is 0.228 e. The first-order valence-corrected chi connectivity index (χ1v) is 7.73. The second-order valence-corrected chi connectivity index (χ2v) is 7.37. The van der Waals surface area contributed by atoms with E-state index in [1.165, 1.54) is 18.3 Å². The average Bonchev–Trinajstić information content (AvgIpc) is 2.41. The maximum absolute atomic E-state index is 14.6. The van der Waals surface area contributed by atoms with E-state index < -0.39 is 17.6 Å². The molecule has 4 heteroatoms. The number of aromatic nitrogens is 1. The van der Waals surface area contributed by atoms with E-state index in [4.69, 9.17) is 0 Å². The molecule has 0 N–H and O–H groups in total. The minimum atomic E-state index is -0.931. The van der Waals surface area contributed by atoms with Crippen LogP contribution in [0.2, 0.25) is 0 Å². The Hall–Kier alpha value is -1.84. The molecule has 0 saturated carbocycles. The van der Waals surface area contributed by atoms with Gasteiger partial charge in [0.25, 0.3) is 0 Å². The van der Waals surface area contributed by atoms with E-state index in [0.717, 1.165) is 17.2 Å². The number of hydrogen-bond acceptors (Lipinski definition) is 1. The maximum atomic E-state index is 14.6. The summed E-state index contributed by atoms with van der Waals surface area (Å²) in [7, 11) is 0. The monoisotopic (exact) mass is 321 g/mol. The summed E-state index contributed by atoms with van der Waals surface area (Å²) in [4.78, 5) is 3.50. The predicted molar refractivity (Wildman–Crippen MR) is 86.8 cm³/mol. The molecule has 124 valence electrons. The maximum Gasteiger partial charge on any atom is 0.213 e. The van der Waals surface area contributed by atoms with Gasteiger partial charge in [0.1, 0.15) is 0 Å². The summed E-state index contributed by atoms with van der Waals surface area (Å²) in [6.07, 6.45) is 1.84. The topological polar surface area (TPSA) is 12.9 Å². The fourth-order valence-corrected chi connectivity index (χ4v) is 2.78. The summed E-state index contributed by atoms with van der Waals surface area (Å²) in [6.45, 7) is 9.99. The van der Waals surface area contributed by atoms with Gasteiger partial charge in [-0.1, -0.05) is 34.6 Å². The Morgan fingerprint density at radius 3 is 2.26 bits per heavy atom. The van der Waals surface area contributed by atoms with Crippen LogP contribution in [0.4, 0.5) is 13.2 Å². The standard InChI is InChI=1S/C19H22F3N/c1-11(2)13-9-15(20)18(22)17(14(13)10-19(3,4)5)12-6-7-23-16(21)8-12/h6-9,11H,10H2,1-5H3. The third-order valence-electron chi connectivity index (χ3n) is 3.71. The van der Waals surface area contributed by atoms with Crippen molar-refractivity contribution in [3.63, 3.8) is 0 Å². The molecule has 1 nitrogen and oxygen atoms in total. The first-order chi connectivity index (χ1) is 10.6. The van der Waals surface area contributed by atoms with Crippen LogP contribution in [0.25, 0.3) is 11.1 Å². The molecule has 0 saturated heterocycles. The highest BCUT2D eigenvalue weighted by atomic mass is 19.2. The zero-order chi connectivity index (χ0) is 17.4. The van der Waals surface area contributed by atoms with Crippen molar-refractivity contribution in [3.8, 4) is 11.1 Å². The average molecular weight is 321 g/mol. The molecule has 1 heterocycles. The van der Waals surface area contributed by atoms with E-state index in [-0.39, 0.29) is 16.9 Å². The highest BCUT2D eigenvalue weighted by Crippen LogP contribution is 2.37. The predicted octanol–water partition coefficient (Wildman–Crippen LogP) is 5.88. The van der Waals surface area contributed by atoms with E-state index in [1.54, 1.807) is 0 Å². The SMILES string of the molecule is CC(C)c1cc(F)c(F)c(-c2ccnc(F)c2)c1CC(C)(C)C. The molecule has 2 rings (SSSR count). The van der Waals surface area contributed by atoms with Gasteiger partial charge in [-0.3, -0.25) is 0 Å². The molecular formula is C19H22F3N. The molecule has 0 atom stereocenters. The molecule has 23 heavy (non-hydrogen) atoms. The van der Waals surface area contributed by atoms with Crippen LogP contribution in [0.15, 0.2) is 24.4 Å². The van der Waals surface area contributed by atoms with Crippen LogP contribution in [0.1, 0.15) is 51.7 Å². The normalized spacial score (nSPS) is 12.0. The molecule has 2 aromatic rings. The fourth-order valence-electron chi connectivity index (χ4n) is 2.78. The van der Waals surface area contributed by atoms with Gasteiger partial charge in [0.15, 0.2) is 11.6 Å². The van der Waals surface area contributed by atoms with Crippen LogP contribution in [0.3, 0.4) is 0 Å². The molecule has 0 radical (unpaired) electrons. The third kappa shape index (κ3) is 3.92. The van der Waals surface area contributed by atoms with Gasteiger partial charge in [-0.05, 0) is 46.6 Å². The van der Waals surface area contributed by atoms with Crippen molar-refractivity contribution in [2.24, 2.45) is 5.41 Å². The highest BCUT2D eigenvalue weighted by molar-refractivity contribution is 5.70. The van der Waals surface area contributed by atoms with Crippen LogP contribution in [-0.2, 0) is 6.42 Å². The van der Waals surface area contributed by atoms with Gasteiger partial charge in [0.05, 0.1) is 0 Å². The van der Waals surface area contributed by atoms with Crippen LogP contribution in [0.5, 0.6) is 0 Å². The quantitative estimate of drug-likeness (QED) is 0.643. The molecule has 1 aromatic carbocycles. The second-order valence-electron chi connectivity index (χ2n) is 7.37. The summed E-state index contributed by atoms with van der Waals surface area (Å²) in [6, 6.07) is 3.92. The van der Waals surface area contributed by atoms with Gasteiger partial charge in [-0.2, -0.15) is 4.39 Å². The molecule has 0 aliphatic heterocycles. The number of rotatable bonds is 3. The van der Waals surface area contributed by atoms with Gasteiger partial charge in [0, 0.05) is 17.8 Å². The van der Waals surface area contributed by atoms with Gasteiger partial charge >= 0.3 is 0 Å². The zero-order valence-electron chi connectivity index (χ0n) is 14.2. The molecule has 0 bridgehead atoms. The number of benzene rings is 1. The Morgan fingerprint density at radius 1 is 1.09 bits per heavy atom. The minimum absolute atomic E-state index is 0.0351. The molecule has 0 spiro atoms. The zero-order valence-corrected chi connectivity index (χ0v) is 14.2. The summed E-state index contributed by atoms with van der Waals surface area (Å²) < 4.78 is 42.2. The van der Waals surface area contributed by atoms with Crippen molar-refractivity contribution >= 4 is 0 Å². The third-order valence-corrected chi connectivity index (χ3v) is 3.71. The van der Waals surface area contributed by atoms with E-state index in [1.807, 2.05) is 34.6 Å². The van der Waals surface area contributed by atoms with Crippen LogP contribution in [-0.4, -0.2) is 4.98 Å². The lowest BCUT2D eigenvalue weighted by molar-refractivity contribution is 0.407. The van der Waals surface area contributed by atoms with Gasteiger partial charge in [0.2, 0.25) is 5.95 Å². The van der Waals surface area contributed by atoms with Gasteiger partial charge in [-0.15, -0.1) is 0 Å². The molecule has 0 unspecified atom stereocenters. The van der Waals surface area contributed by atoms with Crippen molar-refractivity contribution in [2.75, 3.05) is 0 Å². The van der Waals surface area contributed by atoms with Crippen molar-refractivity contribution in [2.45, 2.75) is 47.0 Å². The Bertz CT molecular complexity index is 715. The second kappa shape index (κ2) is 6.34. The minimum Gasteiger partial charge on any atom is -0.228 e. The Kier molecular flexibility index (Phi) is 4.83. The summed E-state index contributed by atoms with van der Waals surface area (Å²) in [5, 5.41) is 0. The fraction of sp³-hybridized carbons (Fsp3) is 0.421. The molecule has 0 aliphatic rings. The van der Waals surface area contributed by atoms with Crippen LogP contribution < -0.4 is 0 Å². The first-order valence-electron chi connectivity index (χ1n) is 7.73. The van der Waals surface area contributed by atoms with Crippen molar-refractivity contribution in [1.82, 2.24) is 4.98 Å². The van der Waals surface area contributed by atoms with E-state index in [0.29, 0.717) is 12.0 Å². The molecule has 0 fully saturated rings. The lowest BCUT2D eigenvalue weighted by atomic mass is 9.80. The smallest absolute Gasteiger partial charge is 0.213 e. The van der Waals surface area contributed by atoms with Crippen LogP contribution >= 0.6 is 0 Å².